The second-order valence-corrected chi connectivity index (χ2v) is 12.4. The highest BCUT2D eigenvalue weighted by Gasteiger charge is 2.67. The molecule has 0 spiro atoms. The number of primary amides is 1. The van der Waals surface area contributed by atoms with Crippen molar-refractivity contribution in [2.75, 3.05) is 33.1 Å². The van der Waals surface area contributed by atoms with Gasteiger partial charge < -0.3 is 41.3 Å². The lowest BCUT2D eigenvalue weighted by Gasteiger charge is -2.53. The summed E-state index contributed by atoms with van der Waals surface area (Å²) in [6, 6.07) is 10.0. The number of hydrogen-bond acceptors (Lipinski definition) is 11. The number of anilines is 1. The minimum absolute atomic E-state index is 0.0481. The molecule has 6 atom stereocenters. The van der Waals surface area contributed by atoms with Crippen LogP contribution in [0.15, 0.2) is 35.9 Å². The van der Waals surface area contributed by atoms with Gasteiger partial charge in [0.1, 0.15) is 17.4 Å². The number of likely N-dealkylation sites (N-methyl/N-ethyl adjacent to an activating group) is 1. The van der Waals surface area contributed by atoms with E-state index in [2.05, 4.69) is 11.4 Å². The molecule has 0 heterocycles. The number of nitrogens with zero attached hydrogens (tertiary/aromatic N) is 3. The highest BCUT2D eigenvalue weighted by molar-refractivity contribution is 6.25. The van der Waals surface area contributed by atoms with Crippen LogP contribution in [-0.4, -0.2) is 88.7 Å². The maximum absolute atomic E-state index is 14.1. The summed E-state index contributed by atoms with van der Waals surface area (Å²) < 4.78 is 0. The zero-order chi connectivity index (χ0) is 32.2. The molecule has 232 valence electrons. The lowest BCUT2D eigenvalue weighted by molar-refractivity contribution is -0.184. The lowest BCUT2D eigenvalue weighted by atomic mass is 9.54. The number of aromatic hydroxyl groups is 1. The predicted molar refractivity (Wildman–Crippen MR) is 160 cm³/mol. The molecule has 2 saturated carbocycles. The summed E-state index contributed by atoms with van der Waals surface area (Å²) in [4.78, 5) is 43.3. The molecule has 0 aromatic heterocycles. The molecule has 7 N–H and O–H groups in total. The molecule has 2 fully saturated rings. The number of fused-ring (bicyclic) bond motifs is 3. The summed E-state index contributed by atoms with van der Waals surface area (Å²) in [5, 5.41) is 58.2. The van der Waals surface area contributed by atoms with Crippen LogP contribution in [0.2, 0.25) is 0 Å². The van der Waals surface area contributed by atoms with Crippen molar-refractivity contribution >= 4 is 28.9 Å². The largest absolute Gasteiger partial charge is 0.507 e. The van der Waals surface area contributed by atoms with Crippen LogP contribution in [0.3, 0.4) is 0 Å². The summed E-state index contributed by atoms with van der Waals surface area (Å²) in [6.07, 6.45) is -1.26. The van der Waals surface area contributed by atoms with E-state index in [1.807, 2.05) is 37.2 Å². The van der Waals surface area contributed by atoms with Crippen LogP contribution in [0, 0.1) is 29.1 Å². The number of ketones is 2. The normalized spacial score (nSPS) is 27.8. The maximum atomic E-state index is 14.1. The quantitative estimate of drug-likeness (QED) is 0.239. The number of carbonyl (C=O) groups excluding carboxylic acids is 3. The van der Waals surface area contributed by atoms with Crippen LogP contribution >= 0.6 is 0 Å². The van der Waals surface area contributed by atoms with Crippen LogP contribution in [-0.2, 0) is 33.9 Å². The van der Waals surface area contributed by atoms with Gasteiger partial charge in [0.05, 0.1) is 23.3 Å². The van der Waals surface area contributed by atoms with E-state index in [0.717, 1.165) is 5.56 Å². The fourth-order valence-electron chi connectivity index (χ4n) is 7.28. The maximum Gasteiger partial charge on any atom is 0.230 e. The smallest absolute Gasteiger partial charge is 0.230 e. The van der Waals surface area contributed by atoms with Gasteiger partial charge in [-0.05, 0) is 62.2 Å². The van der Waals surface area contributed by atoms with Gasteiger partial charge in [-0.15, -0.1) is 0 Å². The van der Waals surface area contributed by atoms with Gasteiger partial charge in [0.2, 0.25) is 11.7 Å². The van der Waals surface area contributed by atoms with Gasteiger partial charge in [0, 0.05) is 56.0 Å². The van der Waals surface area contributed by atoms with Crippen molar-refractivity contribution in [1.29, 1.82) is 5.26 Å². The van der Waals surface area contributed by atoms with Crippen LogP contribution in [0.1, 0.15) is 34.2 Å². The fraction of sp³-hybridized carbons (Fsp3) is 0.438. The van der Waals surface area contributed by atoms with Crippen molar-refractivity contribution in [3.8, 4) is 11.8 Å². The van der Waals surface area contributed by atoms with Crippen LogP contribution in [0.25, 0.3) is 5.76 Å². The second-order valence-electron chi connectivity index (χ2n) is 12.4. The van der Waals surface area contributed by atoms with E-state index in [4.69, 9.17) is 11.0 Å². The summed E-state index contributed by atoms with van der Waals surface area (Å²) in [7, 11) is 6.88. The highest BCUT2D eigenvalue weighted by Crippen LogP contribution is 2.53. The minimum Gasteiger partial charge on any atom is -0.507 e. The van der Waals surface area contributed by atoms with Crippen molar-refractivity contribution in [3.05, 3.63) is 63.7 Å². The molecule has 0 aliphatic heterocycles. The third-order valence-electron chi connectivity index (χ3n) is 9.35. The number of carbonyl (C=O) groups is 3. The molecule has 3 unspecified atom stereocenters. The third-order valence-corrected chi connectivity index (χ3v) is 9.35. The number of nitrogens with one attached hydrogen (secondary N) is 1. The second kappa shape index (κ2) is 11.3. The number of nitrogens with two attached hydrogens (primary N) is 1. The molecule has 0 radical (unpaired) electrons. The average molecular weight is 604 g/mol. The van der Waals surface area contributed by atoms with Gasteiger partial charge in [-0.25, -0.2) is 0 Å². The Bertz CT molecular complexity index is 1610. The van der Waals surface area contributed by atoms with E-state index in [9.17, 15) is 34.8 Å². The van der Waals surface area contributed by atoms with E-state index < -0.39 is 58.7 Å². The first-order chi connectivity index (χ1) is 20.7. The van der Waals surface area contributed by atoms with E-state index in [1.54, 1.807) is 31.1 Å². The summed E-state index contributed by atoms with van der Waals surface area (Å²) >= 11 is 0. The van der Waals surface area contributed by atoms with Gasteiger partial charge in [0.15, 0.2) is 11.4 Å². The number of nitriles is 1. The van der Waals surface area contributed by atoms with Gasteiger partial charge >= 0.3 is 0 Å². The predicted octanol–water partition coefficient (Wildman–Crippen LogP) is 0.356. The fourth-order valence-corrected chi connectivity index (χ4v) is 7.28. The topological polar surface area (TPSA) is 200 Å². The lowest BCUT2D eigenvalue weighted by Crippen LogP contribution is -2.73. The minimum atomic E-state index is -2.70. The summed E-state index contributed by atoms with van der Waals surface area (Å²) in [5.74, 6) is -7.69. The molecular weight excluding hydrogens is 566 g/mol. The Hall–Kier alpha value is -4.28. The number of aliphatic hydroxyl groups excluding tert-OH is 2. The van der Waals surface area contributed by atoms with E-state index >= 15 is 0 Å². The molecule has 2 aromatic rings. The third kappa shape index (κ3) is 4.73. The molecular formula is C32H37N5O7. The molecule has 1 amide bonds. The monoisotopic (exact) mass is 603 g/mol. The Morgan fingerprint density at radius 2 is 1.80 bits per heavy atom. The molecule has 2 aromatic carbocycles. The van der Waals surface area contributed by atoms with E-state index in [0.29, 0.717) is 28.9 Å². The Morgan fingerprint density at radius 1 is 1.14 bits per heavy atom. The zero-order valence-electron chi connectivity index (χ0n) is 25.0. The number of Topliss-reactive ketones (excluding diaryl/α,β-unsaturated/α-hetero) is 2. The number of amides is 1. The first-order valence-corrected chi connectivity index (χ1v) is 14.4. The number of benzene rings is 2. The van der Waals surface area contributed by atoms with Crippen molar-refractivity contribution in [2.45, 2.75) is 43.7 Å². The van der Waals surface area contributed by atoms with Crippen LogP contribution < -0.4 is 16.0 Å². The molecule has 12 nitrogen and oxygen atoms in total. The van der Waals surface area contributed by atoms with Crippen LogP contribution in [0.4, 0.5) is 5.69 Å². The van der Waals surface area contributed by atoms with Crippen LogP contribution in [0.5, 0.6) is 5.75 Å². The van der Waals surface area contributed by atoms with Crippen molar-refractivity contribution in [3.63, 3.8) is 0 Å². The zero-order valence-corrected chi connectivity index (χ0v) is 25.0. The Kier molecular flexibility index (Phi) is 8.02. The van der Waals surface area contributed by atoms with Gasteiger partial charge in [-0.3, -0.25) is 14.4 Å². The summed E-state index contributed by atoms with van der Waals surface area (Å²) in [6.45, 7) is 0.636. The molecule has 0 saturated heterocycles. The number of aliphatic hydroxyl groups is 3. The van der Waals surface area contributed by atoms with Gasteiger partial charge in [0.25, 0.3) is 0 Å². The molecule has 12 heteroatoms. The van der Waals surface area contributed by atoms with E-state index in [-0.39, 0.29) is 36.3 Å². The molecule has 44 heavy (non-hydrogen) atoms. The number of phenols is 1. The summed E-state index contributed by atoms with van der Waals surface area (Å²) in [5.41, 5.74) is 5.84. The SMILES string of the molecule is CN(C)c1cc(CNCc2ccc(C#N)cc2)c(O)c2c1C[C@H]1C[C@H]3C(N(C)C)C(O)C(C(N)=O)C(=O)[C@@]3(O)C(=O)C1=C2O. The van der Waals surface area contributed by atoms with Crippen molar-refractivity contribution in [2.24, 2.45) is 23.5 Å². The molecule has 5 rings (SSSR count). The van der Waals surface area contributed by atoms with Gasteiger partial charge in [-0.1, -0.05) is 12.1 Å². The Labute approximate surface area is 255 Å². The Balaban J connectivity index is 1.56. The van der Waals surface area contributed by atoms with Crippen molar-refractivity contribution in [1.82, 2.24) is 10.2 Å². The van der Waals surface area contributed by atoms with Gasteiger partial charge in [-0.2, -0.15) is 5.26 Å². The number of hydrogen-bond donors (Lipinski definition) is 6. The first kappa shape index (κ1) is 31.2. The highest BCUT2D eigenvalue weighted by atomic mass is 16.3. The average Bonchev–Trinajstić information content (AvgIpc) is 2.96. The first-order valence-electron chi connectivity index (χ1n) is 14.4. The Morgan fingerprint density at radius 3 is 2.36 bits per heavy atom. The molecule has 3 aliphatic carbocycles. The number of rotatable bonds is 7. The molecule has 3 aliphatic rings. The molecule has 0 bridgehead atoms. The number of phenolic OH excluding ortho intramolecular Hbond substituents is 1. The van der Waals surface area contributed by atoms with Crippen molar-refractivity contribution < 1.29 is 34.8 Å². The standard InChI is InChI=1S/C32H37N5O7/c1-36(2)21-11-18(14-35-13-16-7-5-15(12-33)6-8-16)26(38)23-19(21)9-17-10-20-25(37(3)4)28(40)24(31(34)43)30(42)32(20,44)29(41)22(17)27(23)39/h5-8,11,17,20,24-25,28,35,38-40,44H,9-10,13-14H2,1-4H3,(H2,34,43)/t17-,20-,24?,25?,28?,32-/m0/s1. The van der Waals surface area contributed by atoms with E-state index in [1.165, 1.54) is 0 Å².